The van der Waals surface area contributed by atoms with E-state index in [1.165, 1.54) is 32.1 Å². The molecule has 0 spiro atoms. The SMILES string of the molecule is COCC(N)CCCCC1CCCO1. The Hall–Kier alpha value is -0.120. The average Bonchev–Trinajstić information content (AvgIpc) is 2.65. The van der Waals surface area contributed by atoms with E-state index in [0.717, 1.165) is 13.0 Å². The van der Waals surface area contributed by atoms with Gasteiger partial charge in [-0.15, -0.1) is 0 Å². The van der Waals surface area contributed by atoms with Crippen molar-refractivity contribution in [2.45, 2.75) is 50.7 Å². The molecule has 0 saturated carbocycles. The summed E-state index contributed by atoms with van der Waals surface area (Å²) < 4.78 is 10.5. The molecule has 84 valence electrons. The van der Waals surface area contributed by atoms with Gasteiger partial charge in [0.2, 0.25) is 0 Å². The monoisotopic (exact) mass is 201 g/mol. The largest absolute Gasteiger partial charge is 0.383 e. The van der Waals surface area contributed by atoms with Gasteiger partial charge in [0, 0.05) is 19.8 Å². The summed E-state index contributed by atoms with van der Waals surface area (Å²) in [5, 5.41) is 0. The molecule has 14 heavy (non-hydrogen) atoms. The minimum Gasteiger partial charge on any atom is -0.383 e. The van der Waals surface area contributed by atoms with Gasteiger partial charge in [0.05, 0.1) is 12.7 Å². The highest BCUT2D eigenvalue weighted by Crippen LogP contribution is 2.18. The molecule has 2 N–H and O–H groups in total. The molecule has 0 radical (unpaired) electrons. The molecule has 3 heteroatoms. The normalized spacial score (nSPS) is 24.0. The lowest BCUT2D eigenvalue weighted by atomic mass is 10.1. The molecule has 1 saturated heterocycles. The summed E-state index contributed by atoms with van der Waals surface area (Å²) in [6, 6.07) is 0.212. The van der Waals surface area contributed by atoms with Gasteiger partial charge < -0.3 is 15.2 Å². The highest BCUT2D eigenvalue weighted by atomic mass is 16.5. The Morgan fingerprint density at radius 2 is 2.36 bits per heavy atom. The lowest BCUT2D eigenvalue weighted by Crippen LogP contribution is -2.25. The molecule has 3 nitrogen and oxygen atoms in total. The van der Waals surface area contributed by atoms with Crippen molar-refractivity contribution < 1.29 is 9.47 Å². The van der Waals surface area contributed by atoms with Crippen molar-refractivity contribution in [3.63, 3.8) is 0 Å². The van der Waals surface area contributed by atoms with Gasteiger partial charge in [-0.2, -0.15) is 0 Å². The second-order valence-corrected chi connectivity index (χ2v) is 4.13. The fourth-order valence-corrected chi connectivity index (χ4v) is 1.95. The maximum absolute atomic E-state index is 5.82. The van der Waals surface area contributed by atoms with E-state index in [9.17, 15) is 0 Å². The summed E-state index contributed by atoms with van der Waals surface area (Å²) in [5.41, 5.74) is 5.82. The average molecular weight is 201 g/mol. The second-order valence-electron chi connectivity index (χ2n) is 4.13. The van der Waals surface area contributed by atoms with E-state index in [-0.39, 0.29) is 6.04 Å². The zero-order chi connectivity index (χ0) is 10.2. The summed E-state index contributed by atoms with van der Waals surface area (Å²) in [6.07, 6.45) is 7.75. The van der Waals surface area contributed by atoms with Gasteiger partial charge in [0.1, 0.15) is 0 Å². The van der Waals surface area contributed by atoms with Crippen LogP contribution in [0.15, 0.2) is 0 Å². The minimum atomic E-state index is 0.212. The summed E-state index contributed by atoms with van der Waals surface area (Å²) in [4.78, 5) is 0. The van der Waals surface area contributed by atoms with Gasteiger partial charge in [0.15, 0.2) is 0 Å². The summed E-state index contributed by atoms with van der Waals surface area (Å²) in [7, 11) is 1.70. The maximum Gasteiger partial charge on any atom is 0.0613 e. The first-order valence-electron chi connectivity index (χ1n) is 5.69. The van der Waals surface area contributed by atoms with Gasteiger partial charge in [-0.05, 0) is 25.7 Å². The van der Waals surface area contributed by atoms with Crippen molar-refractivity contribution in [1.29, 1.82) is 0 Å². The Bertz CT molecular complexity index is 135. The van der Waals surface area contributed by atoms with Crippen molar-refractivity contribution in [2.75, 3.05) is 20.3 Å². The third-order valence-corrected chi connectivity index (χ3v) is 2.76. The molecule has 1 fully saturated rings. The van der Waals surface area contributed by atoms with Crippen molar-refractivity contribution in [3.8, 4) is 0 Å². The van der Waals surface area contributed by atoms with E-state index in [1.54, 1.807) is 7.11 Å². The molecule has 0 bridgehead atoms. The van der Waals surface area contributed by atoms with Crippen LogP contribution in [0.1, 0.15) is 38.5 Å². The first-order valence-corrected chi connectivity index (χ1v) is 5.69. The smallest absolute Gasteiger partial charge is 0.0613 e. The molecule has 0 aromatic heterocycles. The van der Waals surface area contributed by atoms with Crippen LogP contribution >= 0.6 is 0 Å². The Labute approximate surface area is 86.9 Å². The van der Waals surface area contributed by atoms with Crippen LogP contribution < -0.4 is 5.73 Å². The van der Waals surface area contributed by atoms with E-state index in [4.69, 9.17) is 15.2 Å². The van der Waals surface area contributed by atoms with E-state index in [0.29, 0.717) is 12.7 Å². The first kappa shape index (κ1) is 12.0. The van der Waals surface area contributed by atoms with Crippen LogP contribution in [0.25, 0.3) is 0 Å². The molecule has 1 heterocycles. The second kappa shape index (κ2) is 7.21. The number of ether oxygens (including phenoxy) is 2. The van der Waals surface area contributed by atoms with Crippen molar-refractivity contribution >= 4 is 0 Å². The number of hydrogen-bond donors (Lipinski definition) is 1. The Morgan fingerprint density at radius 3 is 3.00 bits per heavy atom. The van der Waals surface area contributed by atoms with Gasteiger partial charge in [-0.3, -0.25) is 0 Å². The maximum atomic E-state index is 5.82. The third-order valence-electron chi connectivity index (χ3n) is 2.76. The Morgan fingerprint density at radius 1 is 1.50 bits per heavy atom. The Kier molecular flexibility index (Phi) is 6.15. The number of methoxy groups -OCH3 is 1. The molecule has 1 aliphatic rings. The van der Waals surface area contributed by atoms with Crippen LogP contribution in [0.5, 0.6) is 0 Å². The molecule has 1 aliphatic heterocycles. The molecule has 2 unspecified atom stereocenters. The number of unbranched alkanes of at least 4 members (excludes halogenated alkanes) is 1. The van der Waals surface area contributed by atoms with Crippen LogP contribution in [-0.4, -0.2) is 32.5 Å². The summed E-state index contributed by atoms with van der Waals surface area (Å²) >= 11 is 0. The van der Waals surface area contributed by atoms with Gasteiger partial charge in [-0.1, -0.05) is 12.8 Å². The van der Waals surface area contributed by atoms with Gasteiger partial charge >= 0.3 is 0 Å². The molecule has 0 aromatic carbocycles. The molecule has 0 aliphatic carbocycles. The predicted molar refractivity (Wildman–Crippen MR) is 57.3 cm³/mol. The van der Waals surface area contributed by atoms with E-state index in [2.05, 4.69) is 0 Å². The van der Waals surface area contributed by atoms with Crippen molar-refractivity contribution in [3.05, 3.63) is 0 Å². The topological polar surface area (TPSA) is 44.5 Å². The molecule has 2 atom stereocenters. The van der Waals surface area contributed by atoms with Gasteiger partial charge in [-0.25, -0.2) is 0 Å². The van der Waals surface area contributed by atoms with Crippen molar-refractivity contribution in [2.24, 2.45) is 5.73 Å². The van der Waals surface area contributed by atoms with E-state index in [1.807, 2.05) is 0 Å². The third kappa shape index (κ3) is 4.94. The predicted octanol–water partition coefficient (Wildman–Crippen LogP) is 1.70. The molecule has 0 amide bonds. The standard InChI is InChI=1S/C11H23NO2/c1-13-9-10(12)5-2-3-6-11-7-4-8-14-11/h10-11H,2-9,12H2,1H3. The number of hydrogen-bond acceptors (Lipinski definition) is 3. The lowest BCUT2D eigenvalue weighted by Gasteiger charge is -2.11. The zero-order valence-corrected chi connectivity index (χ0v) is 9.21. The van der Waals surface area contributed by atoms with Crippen LogP contribution in [0.2, 0.25) is 0 Å². The fourth-order valence-electron chi connectivity index (χ4n) is 1.95. The minimum absolute atomic E-state index is 0.212. The van der Waals surface area contributed by atoms with Crippen molar-refractivity contribution in [1.82, 2.24) is 0 Å². The molecular weight excluding hydrogens is 178 g/mol. The van der Waals surface area contributed by atoms with Gasteiger partial charge in [0.25, 0.3) is 0 Å². The number of rotatable bonds is 7. The fraction of sp³-hybridized carbons (Fsp3) is 1.00. The Balaban J connectivity index is 1.88. The lowest BCUT2D eigenvalue weighted by molar-refractivity contribution is 0.101. The summed E-state index contributed by atoms with van der Waals surface area (Å²) in [6.45, 7) is 1.65. The highest BCUT2D eigenvalue weighted by molar-refractivity contribution is 4.66. The quantitative estimate of drug-likeness (QED) is 0.638. The molecule has 1 rings (SSSR count). The summed E-state index contributed by atoms with van der Waals surface area (Å²) in [5.74, 6) is 0. The number of nitrogens with two attached hydrogens (primary N) is 1. The van der Waals surface area contributed by atoms with Crippen LogP contribution in [-0.2, 0) is 9.47 Å². The molecular formula is C11H23NO2. The van der Waals surface area contributed by atoms with E-state index < -0.39 is 0 Å². The highest BCUT2D eigenvalue weighted by Gasteiger charge is 2.14. The van der Waals surface area contributed by atoms with Crippen LogP contribution in [0.3, 0.4) is 0 Å². The van der Waals surface area contributed by atoms with Crippen LogP contribution in [0.4, 0.5) is 0 Å². The zero-order valence-electron chi connectivity index (χ0n) is 9.21. The first-order chi connectivity index (χ1) is 6.83. The molecule has 0 aromatic rings. The van der Waals surface area contributed by atoms with E-state index >= 15 is 0 Å². The van der Waals surface area contributed by atoms with Crippen LogP contribution in [0, 0.1) is 0 Å².